The molecular formula is C11H17F2N5. The van der Waals surface area contributed by atoms with Crippen molar-refractivity contribution in [1.82, 2.24) is 0 Å². The minimum atomic E-state index is -2.64. The quantitative estimate of drug-likeness (QED) is 0.282. The Bertz CT molecular complexity index is 415. The van der Waals surface area contributed by atoms with Gasteiger partial charge in [-0.3, -0.25) is 5.41 Å². The van der Waals surface area contributed by atoms with Gasteiger partial charge in [-0.05, 0) is 24.2 Å². The molecule has 1 aromatic carbocycles. The molecule has 0 saturated heterocycles. The lowest BCUT2D eigenvalue weighted by Crippen LogP contribution is -2.06. The molecule has 18 heavy (non-hydrogen) atoms. The average molecular weight is 257 g/mol. The molecule has 6 N–H and O–H groups in total. The number of nitrogen functional groups attached to an aromatic ring is 1. The number of halogens is 2. The molecule has 0 fully saturated rings. The van der Waals surface area contributed by atoms with Gasteiger partial charge in [-0.2, -0.15) is 0 Å². The second-order valence-electron chi connectivity index (χ2n) is 3.89. The number of nitrogens with two attached hydrogens (primary N) is 2. The highest BCUT2D eigenvalue weighted by Gasteiger charge is 2.10. The van der Waals surface area contributed by atoms with Crippen molar-refractivity contribution in [3.8, 4) is 0 Å². The molecule has 7 heteroatoms. The Balaban J connectivity index is 0.000000631. The van der Waals surface area contributed by atoms with E-state index in [1.165, 1.54) is 6.07 Å². The summed E-state index contributed by atoms with van der Waals surface area (Å²) in [4.78, 5) is 0. The van der Waals surface area contributed by atoms with Crippen LogP contribution in [0.5, 0.6) is 0 Å². The number of hydrogen-bond acceptors (Lipinski definition) is 4. The number of rotatable bonds is 2. The van der Waals surface area contributed by atoms with Gasteiger partial charge in [-0.15, -0.1) is 5.11 Å². The molecular weight excluding hydrogens is 240 g/mol. The predicted molar refractivity (Wildman–Crippen MR) is 67.1 cm³/mol. The van der Waals surface area contributed by atoms with Gasteiger partial charge in [0.2, 0.25) is 0 Å². The summed E-state index contributed by atoms with van der Waals surface area (Å²) in [5.41, 5.74) is 17.0. The van der Waals surface area contributed by atoms with Crippen molar-refractivity contribution in [2.75, 3.05) is 5.73 Å². The molecule has 0 atom stereocenters. The normalized spacial score (nSPS) is 9.94. The van der Waals surface area contributed by atoms with Gasteiger partial charge in [-0.1, -0.05) is 13.8 Å². The van der Waals surface area contributed by atoms with Crippen molar-refractivity contribution >= 4 is 11.5 Å². The number of nitrogens with zero attached hydrogens (tertiary/aromatic N) is 1. The summed E-state index contributed by atoms with van der Waals surface area (Å²) in [6.45, 7) is 3.89. The molecule has 0 aromatic heterocycles. The fraction of sp³-hybridized carbons (Fsp3) is 0.364. The van der Waals surface area contributed by atoms with Gasteiger partial charge in [0.15, 0.2) is 5.84 Å². The summed E-state index contributed by atoms with van der Waals surface area (Å²) in [6.07, 6.45) is -2.64. The minimum Gasteiger partial charge on any atom is -0.399 e. The monoisotopic (exact) mass is 257 g/mol. The molecule has 100 valence electrons. The molecule has 0 saturated carbocycles. The first-order chi connectivity index (χ1) is 8.27. The van der Waals surface area contributed by atoms with Gasteiger partial charge in [0.25, 0.3) is 6.43 Å². The van der Waals surface area contributed by atoms with Crippen LogP contribution in [0.15, 0.2) is 23.3 Å². The first kappa shape index (κ1) is 16.1. The standard InChI is InChI=1S/C8H8F2N4.C3H9N/c9-7(10)4-1-5(8(12)14-13)3-6(11)2-4;1-3(2)4/h1-3,7,12-13H,11H2;3H,4H2,1-2H3. The smallest absolute Gasteiger partial charge is 0.263 e. The van der Waals surface area contributed by atoms with Crippen LogP contribution in [0.1, 0.15) is 31.4 Å². The first-order valence-corrected chi connectivity index (χ1v) is 5.18. The van der Waals surface area contributed by atoms with Gasteiger partial charge >= 0.3 is 0 Å². The SMILES string of the molecule is CC(C)N.N=NC(=N)c1cc(N)cc(C(F)F)c1. The van der Waals surface area contributed by atoms with Crippen molar-refractivity contribution in [2.45, 2.75) is 26.3 Å². The van der Waals surface area contributed by atoms with E-state index in [1.54, 1.807) is 0 Å². The highest BCUT2D eigenvalue weighted by Crippen LogP contribution is 2.23. The number of alkyl halides is 2. The summed E-state index contributed by atoms with van der Waals surface area (Å²) in [7, 11) is 0. The van der Waals surface area contributed by atoms with E-state index in [2.05, 4.69) is 5.11 Å². The van der Waals surface area contributed by atoms with Crippen molar-refractivity contribution in [3.05, 3.63) is 29.3 Å². The van der Waals surface area contributed by atoms with E-state index in [9.17, 15) is 8.78 Å². The molecule has 0 radical (unpaired) electrons. The van der Waals surface area contributed by atoms with Crippen LogP contribution in [0.25, 0.3) is 0 Å². The molecule has 0 aliphatic carbocycles. The third-order valence-corrected chi connectivity index (χ3v) is 1.61. The maximum atomic E-state index is 12.3. The zero-order valence-corrected chi connectivity index (χ0v) is 10.2. The summed E-state index contributed by atoms with van der Waals surface area (Å²) in [5.74, 6) is -0.390. The highest BCUT2D eigenvalue weighted by molar-refractivity contribution is 5.97. The summed E-state index contributed by atoms with van der Waals surface area (Å²) in [6, 6.07) is 3.89. The van der Waals surface area contributed by atoms with Crippen molar-refractivity contribution in [2.24, 2.45) is 10.8 Å². The molecule has 1 rings (SSSR count). The Hall–Kier alpha value is -1.89. The van der Waals surface area contributed by atoms with Crippen LogP contribution >= 0.6 is 0 Å². The Morgan fingerprint density at radius 2 is 1.78 bits per heavy atom. The Morgan fingerprint density at radius 3 is 2.17 bits per heavy atom. The van der Waals surface area contributed by atoms with E-state index >= 15 is 0 Å². The Morgan fingerprint density at radius 1 is 1.28 bits per heavy atom. The van der Waals surface area contributed by atoms with Crippen LogP contribution in [0.4, 0.5) is 14.5 Å². The first-order valence-electron chi connectivity index (χ1n) is 5.18. The zero-order valence-electron chi connectivity index (χ0n) is 10.2. The molecule has 0 amide bonds. The third-order valence-electron chi connectivity index (χ3n) is 1.61. The van der Waals surface area contributed by atoms with Gasteiger partial charge in [-0.25, -0.2) is 14.3 Å². The second-order valence-corrected chi connectivity index (χ2v) is 3.89. The lowest BCUT2D eigenvalue weighted by molar-refractivity contribution is 0.151. The fourth-order valence-corrected chi connectivity index (χ4v) is 1.00. The summed E-state index contributed by atoms with van der Waals surface area (Å²) in [5, 5.41) is 9.99. The highest BCUT2D eigenvalue weighted by atomic mass is 19.3. The van der Waals surface area contributed by atoms with Crippen LogP contribution < -0.4 is 11.5 Å². The topological polar surface area (TPSA) is 112 Å². The summed E-state index contributed by atoms with van der Waals surface area (Å²) < 4.78 is 24.6. The predicted octanol–water partition coefficient (Wildman–Crippen LogP) is 2.92. The number of hydrogen-bond donors (Lipinski definition) is 4. The summed E-state index contributed by atoms with van der Waals surface area (Å²) >= 11 is 0. The molecule has 0 bridgehead atoms. The number of benzene rings is 1. The van der Waals surface area contributed by atoms with Crippen LogP contribution in [0, 0.1) is 10.9 Å². The average Bonchev–Trinajstić information content (AvgIpc) is 2.26. The van der Waals surface area contributed by atoms with Crippen molar-refractivity contribution < 1.29 is 8.78 Å². The molecule has 5 nitrogen and oxygen atoms in total. The van der Waals surface area contributed by atoms with Crippen LogP contribution in [-0.2, 0) is 0 Å². The molecule has 0 unspecified atom stereocenters. The zero-order chi connectivity index (χ0) is 14.3. The van der Waals surface area contributed by atoms with Crippen LogP contribution in [-0.4, -0.2) is 11.9 Å². The van der Waals surface area contributed by atoms with Gasteiger partial charge < -0.3 is 11.5 Å². The number of nitrogens with one attached hydrogen (secondary N) is 2. The van der Waals surface area contributed by atoms with Crippen LogP contribution in [0.2, 0.25) is 0 Å². The van der Waals surface area contributed by atoms with E-state index in [0.29, 0.717) is 6.04 Å². The van der Waals surface area contributed by atoms with E-state index < -0.39 is 6.43 Å². The van der Waals surface area contributed by atoms with E-state index in [1.807, 2.05) is 13.8 Å². The number of amidine groups is 1. The van der Waals surface area contributed by atoms with Crippen LogP contribution in [0.3, 0.4) is 0 Å². The lowest BCUT2D eigenvalue weighted by atomic mass is 10.1. The Labute approximate surface area is 104 Å². The molecule has 0 aliphatic heterocycles. The van der Waals surface area contributed by atoms with E-state index in [0.717, 1.165) is 12.1 Å². The van der Waals surface area contributed by atoms with Gasteiger partial charge in [0, 0.05) is 16.8 Å². The fourth-order valence-electron chi connectivity index (χ4n) is 1.00. The maximum Gasteiger partial charge on any atom is 0.263 e. The minimum absolute atomic E-state index is 0.121. The molecule has 1 aromatic rings. The molecule has 0 heterocycles. The van der Waals surface area contributed by atoms with E-state index in [4.69, 9.17) is 22.4 Å². The van der Waals surface area contributed by atoms with Gasteiger partial charge in [0.05, 0.1) is 0 Å². The third kappa shape index (κ3) is 6.00. The molecule has 0 aliphatic rings. The van der Waals surface area contributed by atoms with Crippen molar-refractivity contribution in [3.63, 3.8) is 0 Å². The Kier molecular flexibility index (Phi) is 6.66. The van der Waals surface area contributed by atoms with E-state index in [-0.39, 0.29) is 22.6 Å². The molecule has 0 spiro atoms. The van der Waals surface area contributed by atoms with Gasteiger partial charge in [0.1, 0.15) is 0 Å². The lowest BCUT2D eigenvalue weighted by Gasteiger charge is -2.04. The second kappa shape index (κ2) is 7.44. The maximum absolute atomic E-state index is 12.3. The number of anilines is 1. The van der Waals surface area contributed by atoms with Crippen molar-refractivity contribution in [1.29, 1.82) is 10.9 Å². The largest absolute Gasteiger partial charge is 0.399 e.